The number of benzene rings is 2. The molecule has 1 aromatic heterocycles. The van der Waals surface area contributed by atoms with Crippen LogP contribution >= 0.6 is 0 Å². The van der Waals surface area contributed by atoms with Gasteiger partial charge in [-0.15, -0.1) is 0 Å². The summed E-state index contributed by atoms with van der Waals surface area (Å²) in [6.45, 7) is 3.29. The molecule has 1 fully saturated rings. The van der Waals surface area contributed by atoms with Gasteiger partial charge in [0.1, 0.15) is 23.0 Å². The number of carbonyl (C=O) groups is 1. The summed E-state index contributed by atoms with van der Waals surface area (Å²) in [4.78, 5) is 31.5. The number of hydrogen-bond acceptors (Lipinski definition) is 8. The van der Waals surface area contributed by atoms with Crippen LogP contribution in [0, 0.1) is 11.6 Å². The van der Waals surface area contributed by atoms with Crippen molar-refractivity contribution in [3.05, 3.63) is 64.2 Å². The molecule has 0 amide bonds. The number of morpholine rings is 1. The highest BCUT2D eigenvalue weighted by atomic mass is 32.2. The molecule has 0 aliphatic carbocycles. The zero-order chi connectivity index (χ0) is 27.7. The van der Waals surface area contributed by atoms with Gasteiger partial charge in [0.05, 0.1) is 30.4 Å². The summed E-state index contributed by atoms with van der Waals surface area (Å²) < 4.78 is 59.1. The first-order valence-corrected chi connectivity index (χ1v) is 13.9. The topological polar surface area (TPSA) is 119 Å². The Hall–Kier alpha value is -3.06. The van der Waals surface area contributed by atoms with E-state index in [0.717, 1.165) is 35.5 Å². The molecule has 1 saturated heterocycles. The van der Waals surface area contributed by atoms with E-state index in [1.165, 1.54) is 31.5 Å². The number of fused-ring (bicyclic) bond motifs is 1. The second-order valence-electron chi connectivity index (χ2n) is 9.63. The number of Topliss-reactive ketones (excluding diaryl/α,β-unsaturated/α-hetero) is 1. The predicted octanol–water partition coefficient (Wildman–Crippen LogP) is 1.93. The van der Waals surface area contributed by atoms with E-state index in [-0.39, 0.29) is 35.0 Å². The number of ketones is 1. The number of aryl methyl sites for hydroxylation is 1. The Morgan fingerprint density at radius 2 is 1.82 bits per heavy atom. The van der Waals surface area contributed by atoms with Gasteiger partial charge in [-0.25, -0.2) is 22.2 Å². The summed E-state index contributed by atoms with van der Waals surface area (Å²) in [6, 6.07) is 6.88. The second kappa shape index (κ2) is 11.0. The van der Waals surface area contributed by atoms with Crippen molar-refractivity contribution in [3.63, 3.8) is 0 Å². The first-order valence-electron chi connectivity index (χ1n) is 12.1. The first-order chi connectivity index (χ1) is 17.9. The van der Waals surface area contributed by atoms with Crippen molar-refractivity contribution in [2.24, 2.45) is 0 Å². The molecule has 2 heterocycles. The fourth-order valence-corrected chi connectivity index (χ4v) is 5.41. The van der Waals surface area contributed by atoms with E-state index in [0.29, 0.717) is 19.8 Å². The fraction of sp³-hybridized carbons (Fsp3) is 0.423. The molecule has 38 heavy (non-hydrogen) atoms. The van der Waals surface area contributed by atoms with Gasteiger partial charge in [-0.05, 0) is 37.1 Å². The molecule has 3 aromatic rings. The number of ether oxygens (including phenoxy) is 1. The van der Waals surface area contributed by atoms with E-state index < -0.39 is 44.2 Å². The Bertz CT molecular complexity index is 1540. The Kier molecular flexibility index (Phi) is 8.07. The maximum Gasteiger partial charge on any atom is 0.261 e. The molecule has 1 N–H and O–H groups in total. The normalized spacial score (nSPS) is 16.4. The Labute approximate surface area is 218 Å². The Balaban J connectivity index is 1.62. The summed E-state index contributed by atoms with van der Waals surface area (Å²) in [5.74, 6) is -2.31. The molecular weight excluding hydrogens is 520 g/mol. The zero-order valence-corrected chi connectivity index (χ0v) is 21.9. The maximum absolute atomic E-state index is 15.1. The molecular formula is C26H29F2N3O6S. The summed E-state index contributed by atoms with van der Waals surface area (Å²) in [5.41, 5.74) is 0.227. The third-order valence-electron chi connectivity index (χ3n) is 7.13. The third-order valence-corrected chi connectivity index (χ3v) is 9.20. The molecule has 0 spiro atoms. The van der Waals surface area contributed by atoms with Crippen LogP contribution in [0.3, 0.4) is 0 Å². The van der Waals surface area contributed by atoms with Gasteiger partial charge in [0, 0.05) is 43.6 Å². The van der Waals surface area contributed by atoms with Crippen LogP contribution in [0.15, 0.2) is 41.5 Å². The van der Waals surface area contributed by atoms with E-state index in [9.17, 15) is 23.1 Å². The molecule has 4 rings (SSSR count). The van der Waals surface area contributed by atoms with Crippen LogP contribution in [0.1, 0.15) is 18.9 Å². The highest BCUT2D eigenvalue weighted by Gasteiger charge is 2.42. The minimum absolute atomic E-state index is 0.0348. The first kappa shape index (κ1) is 28.0. The van der Waals surface area contributed by atoms with Crippen LogP contribution in [-0.2, 0) is 32.5 Å². The number of carbonyl (C=O) groups excluding carboxylic acids is 1. The van der Waals surface area contributed by atoms with Crippen LogP contribution in [0.25, 0.3) is 22.0 Å². The number of halogens is 2. The number of aliphatic hydroxyl groups is 1. The van der Waals surface area contributed by atoms with Crippen LogP contribution < -0.4 is 5.56 Å². The fourth-order valence-electron chi connectivity index (χ4n) is 4.47. The van der Waals surface area contributed by atoms with Crippen molar-refractivity contribution in [3.8, 4) is 11.1 Å². The van der Waals surface area contributed by atoms with Crippen molar-refractivity contribution in [1.29, 1.82) is 0 Å². The zero-order valence-electron chi connectivity index (χ0n) is 21.1. The summed E-state index contributed by atoms with van der Waals surface area (Å²) in [7, 11) is -3.91. The quantitative estimate of drug-likeness (QED) is 0.430. The van der Waals surface area contributed by atoms with Crippen LogP contribution in [0.5, 0.6) is 0 Å². The standard InChI is InChI=1S/C26H29F2N3O6S/c1-26(24(33)15-32,38(2,35)36)5-6-31-16-29-23-13-19(22(28)12-20(23)25(31)34)18-4-3-17(11-21(18)27)14-30-7-9-37-10-8-30/h3-4,11-13,16,32H,5-10,14-15H2,1-2H3/t26-/m1/s1. The third kappa shape index (κ3) is 5.53. The van der Waals surface area contributed by atoms with E-state index >= 15 is 8.78 Å². The lowest BCUT2D eigenvalue weighted by molar-refractivity contribution is -0.124. The van der Waals surface area contributed by atoms with Crippen molar-refractivity contribution >= 4 is 26.5 Å². The van der Waals surface area contributed by atoms with E-state index in [1.807, 2.05) is 0 Å². The number of hydrogen-bond donors (Lipinski definition) is 1. The number of sulfone groups is 1. The Morgan fingerprint density at radius 1 is 1.13 bits per heavy atom. The van der Waals surface area contributed by atoms with Crippen LogP contribution in [-0.4, -0.2) is 77.7 Å². The molecule has 0 unspecified atom stereocenters. The van der Waals surface area contributed by atoms with E-state index in [4.69, 9.17) is 4.74 Å². The molecule has 12 heteroatoms. The summed E-state index contributed by atoms with van der Waals surface area (Å²) >= 11 is 0. The van der Waals surface area contributed by atoms with Gasteiger partial charge < -0.3 is 9.84 Å². The number of aromatic nitrogens is 2. The summed E-state index contributed by atoms with van der Waals surface area (Å²) in [5, 5.41) is 9.14. The van der Waals surface area contributed by atoms with Gasteiger partial charge in [-0.1, -0.05) is 12.1 Å². The largest absolute Gasteiger partial charge is 0.389 e. The van der Waals surface area contributed by atoms with Crippen LogP contribution in [0.4, 0.5) is 8.78 Å². The molecule has 1 aliphatic rings. The highest BCUT2D eigenvalue weighted by molar-refractivity contribution is 7.92. The lowest BCUT2D eigenvalue weighted by atomic mass is 10.0. The number of rotatable bonds is 9. The maximum atomic E-state index is 15.1. The van der Waals surface area contributed by atoms with Gasteiger partial charge >= 0.3 is 0 Å². The number of aliphatic hydroxyl groups excluding tert-OH is 1. The van der Waals surface area contributed by atoms with Crippen molar-refractivity contribution in [1.82, 2.24) is 14.5 Å². The van der Waals surface area contributed by atoms with Gasteiger partial charge in [0.15, 0.2) is 15.6 Å². The van der Waals surface area contributed by atoms with E-state index in [1.54, 1.807) is 6.07 Å². The minimum atomic E-state index is -3.91. The summed E-state index contributed by atoms with van der Waals surface area (Å²) in [6.07, 6.45) is 1.76. The molecule has 204 valence electrons. The average Bonchev–Trinajstić information content (AvgIpc) is 2.88. The smallest absolute Gasteiger partial charge is 0.261 e. The van der Waals surface area contributed by atoms with Gasteiger partial charge in [-0.3, -0.25) is 19.1 Å². The predicted molar refractivity (Wildman–Crippen MR) is 137 cm³/mol. The molecule has 0 radical (unpaired) electrons. The van der Waals surface area contributed by atoms with Gasteiger partial charge in [0.2, 0.25) is 0 Å². The van der Waals surface area contributed by atoms with Gasteiger partial charge in [0.25, 0.3) is 5.56 Å². The Morgan fingerprint density at radius 3 is 2.45 bits per heavy atom. The molecule has 0 bridgehead atoms. The van der Waals surface area contributed by atoms with Crippen LogP contribution in [0.2, 0.25) is 0 Å². The molecule has 1 atom stereocenters. The van der Waals surface area contributed by atoms with Gasteiger partial charge in [-0.2, -0.15) is 0 Å². The number of nitrogens with zero attached hydrogens (tertiary/aromatic N) is 3. The second-order valence-corrected chi connectivity index (χ2v) is 12.1. The molecule has 2 aromatic carbocycles. The monoisotopic (exact) mass is 549 g/mol. The van der Waals surface area contributed by atoms with Crippen molar-refractivity contribution < 1.29 is 31.8 Å². The average molecular weight is 550 g/mol. The molecule has 1 aliphatic heterocycles. The van der Waals surface area contributed by atoms with Crippen molar-refractivity contribution in [2.45, 2.75) is 31.2 Å². The lowest BCUT2D eigenvalue weighted by Gasteiger charge is -2.26. The van der Waals surface area contributed by atoms with Crippen molar-refractivity contribution in [2.75, 3.05) is 39.2 Å². The minimum Gasteiger partial charge on any atom is -0.389 e. The SMILES string of the molecule is C[C@@](CCn1cnc2cc(-c3ccc(CN4CCOCC4)cc3F)c(F)cc2c1=O)(C(=O)CO)S(C)(=O)=O. The highest BCUT2D eigenvalue weighted by Crippen LogP contribution is 2.29. The van der Waals surface area contributed by atoms with E-state index in [2.05, 4.69) is 9.88 Å². The molecule has 0 saturated carbocycles. The molecule has 9 nitrogen and oxygen atoms in total. The lowest BCUT2D eigenvalue weighted by Crippen LogP contribution is -2.46.